The first-order valence-electron chi connectivity index (χ1n) is 9.12. The van der Waals surface area contributed by atoms with Crippen LogP contribution in [-0.2, 0) is 11.2 Å². The van der Waals surface area contributed by atoms with Gasteiger partial charge in [0.1, 0.15) is 0 Å². The average molecular weight is 354 g/mol. The molecule has 0 atom stereocenters. The highest BCUT2D eigenvalue weighted by atomic mass is 16.1. The Morgan fingerprint density at radius 2 is 1.41 bits per heavy atom. The Hall–Kier alpha value is -3.38. The molecule has 0 saturated heterocycles. The van der Waals surface area contributed by atoms with Crippen LogP contribution >= 0.6 is 0 Å². The molecule has 0 aliphatic rings. The van der Waals surface area contributed by atoms with Crippen molar-refractivity contribution in [2.24, 2.45) is 0 Å². The van der Waals surface area contributed by atoms with Crippen LogP contribution in [0, 0.1) is 11.3 Å². The predicted octanol–water partition coefficient (Wildman–Crippen LogP) is 4.44. The summed E-state index contributed by atoms with van der Waals surface area (Å²) in [6.45, 7) is 0.570. The molecule has 0 fully saturated rings. The van der Waals surface area contributed by atoms with E-state index in [0.29, 0.717) is 24.9 Å². The number of hydrogen-bond acceptors (Lipinski definition) is 2. The van der Waals surface area contributed by atoms with Gasteiger partial charge in [0.25, 0.3) is 0 Å². The van der Waals surface area contributed by atoms with Gasteiger partial charge in [-0.1, -0.05) is 72.8 Å². The second-order valence-electron chi connectivity index (χ2n) is 6.49. The molecular formula is C24H22N2O. The van der Waals surface area contributed by atoms with Crippen molar-refractivity contribution >= 4 is 5.91 Å². The lowest BCUT2D eigenvalue weighted by Crippen LogP contribution is -2.29. The predicted molar refractivity (Wildman–Crippen MR) is 107 cm³/mol. The molecule has 3 heteroatoms. The summed E-state index contributed by atoms with van der Waals surface area (Å²) >= 11 is 0. The molecule has 0 aliphatic heterocycles. The summed E-state index contributed by atoms with van der Waals surface area (Å²) in [5.74, 6) is 0.169. The molecule has 0 spiro atoms. The molecule has 0 saturated carbocycles. The number of hydrogen-bond donors (Lipinski definition) is 1. The second-order valence-corrected chi connectivity index (χ2v) is 6.49. The van der Waals surface area contributed by atoms with E-state index in [4.69, 9.17) is 5.26 Å². The highest BCUT2D eigenvalue weighted by Crippen LogP contribution is 2.23. The lowest BCUT2D eigenvalue weighted by molar-refractivity contribution is -0.121. The van der Waals surface area contributed by atoms with Crippen LogP contribution in [0.3, 0.4) is 0 Å². The third kappa shape index (κ3) is 5.29. The smallest absolute Gasteiger partial charge is 0.220 e. The Labute approximate surface area is 160 Å². The van der Waals surface area contributed by atoms with Crippen LogP contribution in [0.5, 0.6) is 0 Å². The van der Waals surface area contributed by atoms with Crippen LogP contribution in [0.15, 0.2) is 84.9 Å². The van der Waals surface area contributed by atoms with Crippen LogP contribution in [-0.4, -0.2) is 12.5 Å². The number of aryl methyl sites for hydroxylation is 1. The van der Waals surface area contributed by atoms with E-state index >= 15 is 0 Å². The quantitative estimate of drug-likeness (QED) is 0.682. The molecule has 3 aromatic carbocycles. The van der Waals surface area contributed by atoms with Crippen molar-refractivity contribution in [3.8, 4) is 6.07 Å². The Kier molecular flexibility index (Phi) is 6.38. The minimum atomic E-state index is 0.0382. The molecule has 0 radical (unpaired) electrons. The summed E-state index contributed by atoms with van der Waals surface area (Å²) in [5.41, 5.74) is 4.08. The first-order valence-corrected chi connectivity index (χ1v) is 9.12. The standard InChI is InChI=1S/C24H22N2O/c25-17-20-13-11-19(12-14-20)15-16-24(27)26-18-23(21-7-3-1-4-8-21)22-9-5-2-6-10-22/h1-14,23H,15-16,18H2,(H,26,27). The van der Waals surface area contributed by atoms with Crippen molar-refractivity contribution in [1.29, 1.82) is 5.26 Å². The molecule has 0 heterocycles. The summed E-state index contributed by atoms with van der Waals surface area (Å²) in [5, 5.41) is 11.9. The molecule has 0 bridgehead atoms. The van der Waals surface area contributed by atoms with Gasteiger partial charge in [0.15, 0.2) is 0 Å². The number of nitrogens with one attached hydrogen (secondary N) is 1. The number of rotatable bonds is 7. The molecule has 27 heavy (non-hydrogen) atoms. The van der Waals surface area contributed by atoms with Crippen molar-refractivity contribution < 1.29 is 4.79 Å². The SMILES string of the molecule is N#Cc1ccc(CCC(=O)NCC(c2ccccc2)c2ccccc2)cc1. The molecule has 0 aliphatic carbocycles. The zero-order chi connectivity index (χ0) is 18.9. The summed E-state index contributed by atoms with van der Waals surface area (Å²) in [6.07, 6.45) is 1.10. The minimum Gasteiger partial charge on any atom is -0.355 e. The fourth-order valence-corrected chi connectivity index (χ4v) is 3.11. The van der Waals surface area contributed by atoms with Gasteiger partial charge in [-0.05, 0) is 35.2 Å². The van der Waals surface area contributed by atoms with Crippen molar-refractivity contribution in [2.75, 3.05) is 6.54 Å². The van der Waals surface area contributed by atoms with Crippen molar-refractivity contribution in [3.05, 3.63) is 107 Å². The van der Waals surface area contributed by atoms with E-state index in [9.17, 15) is 4.79 Å². The van der Waals surface area contributed by atoms with E-state index in [0.717, 1.165) is 5.56 Å². The first kappa shape index (κ1) is 18.4. The topological polar surface area (TPSA) is 52.9 Å². The second kappa shape index (κ2) is 9.35. The lowest BCUT2D eigenvalue weighted by Gasteiger charge is -2.19. The fraction of sp³-hybridized carbons (Fsp3) is 0.167. The Bertz CT molecular complexity index is 857. The maximum atomic E-state index is 12.3. The van der Waals surface area contributed by atoms with E-state index in [2.05, 4.69) is 35.7 Å². The van der Waals surface area contributed by atoms with E-state index in [1.807, 2.05) is 48.5 Å². The summed E-state index contributed by atoms with van der Waals surface area (Å²) in [7, 11) is 0. The van der Waals surface area contributed by atoms with Crippen molar-refractivity contribution in [2.45, 2.75) is 18.8 Å². The average Bonchev–Trinajstić information content (AvgIpc) is 2.74. The van der Waals surface area contributed by atoms with Crippen LogP contribution in [0.25, 0.3) is 0 Å². The van der Waals surface area contributed by atoms with E-state index < -0.39 is 0 Å². The van der Waals surface area contributed by atoms with Gasteiger partial charge in [0.05, 0.1) is 11.6 Å². The molecule has 3 rings (SSSR count). The monoisotopic (exact) mass is 354 g/mol. The van der Waals surface area contributed by atoms with Crippen molar-refractivity contribution in [3.63, 3.8) is 0 Å². The molecule has 3 nitrogen and oxygen atoms in total. The van der Waals surface area contributed by atoms with E-state index in [-0.39, 0.29) is 11.8 Å². The number of nitrogens with zero attached hydrogens (tertiary/aromatic N) is 1. The van der Waals surface area contributed by atoms with Crippen LogP contribution in [0.4, 0.5) is 0 Å². The number of carbonyl (C=O) groups excluding carboxylic acids is 1. The number of carbonyl (C=O) groups is 1. The maximum Gasteiger partial charge on any atom is 0.220 e. The van der Waals surface area contributed by atoms with E-state index in [1.165, 1.54) is 11.1 Å². The van der Waals surface area contributed by atoms with Gasteiger partial charge in [0, 0.05) is 18.9 Å². The summed E-state index contributed by atoms with van der Waals surface area (Å²) in [4.78, 5) is 12.3. The molecule has 0 aromatic heterocycles. The highest BCUT2D eigenvalue weighted by Gasteiger charge is 2.15. The van der Waals surface area contributed by atoms with Crippen LogP contribution in [0.1, 0.15) is 34.6 Å². The van der Waals surface area contributed by atoms with Gasteiger partial charge in [-0.3, -0.25) is 4.79 Å². The summed E-state index contributed by atoms with van der Waals surface area (Å²) < 4.78 is 0. The van der Waals surface area contributed by atoms with Gasteiger partial charge in [-0.25, -0.2) is 0 Å². The Morgan fingerprint density at radius 1 is 0.852 bits per heavy atom. The van der Waals surface area contributed by atoms with E-state index in [1.54, 1.807) is 12.1 Å². The highest BCUT2D eigenvalue weighted by molar-refractivity contribution is 5.76. The molecule has 0 unspecified atom stereocenters. The fourth-order valence-electron chi connectivity index (χ4n) is 3.11. The first-order chi connectivity index (χ1) is 13.3. The third-order valence-electron chi connectivity index (χ3n) is 4.63. The number of benzene rings is 3. The van der Waals surface area contributed by atoms with Crippen LogP contribution < -0.4 is 5.32 Å². The normalized spacial score (nSPS) is 10.4. The third-order valence-corrected chi connectivity index (χ3v) is 4.63. The van der Waals surface area contributed by atoms with Gasteiger partial charge in [0.2, 0.25) is 5.91 Å². The minimum absolute atomic E-state index is 0.0382. The Balaban J connectivity index is 1.59. The molecule has 134 valence electrons. The maximum absolute atomic E-state index is 12.3. The number of amides is 1. The number of nitriles is 1. The zero-order valence-electron chi connectivity index (χ0n) is 15.1. The zero-order valence-corrected chi connectivity index (χ0v) is 15.1. The molecule has 1 amide bonds. The lowest BCUT2D eigenvalue weighted by atomic mass is 9.91. The van der Waals surface area contributed by atoms with Crippen molar-refractivity contribution in [1.82, 2.24) is 5.32 Å². The molecular weight excluding hydrogens is 332 g/mol. The van der Waals surface area contributed by atoms with Gasteiger partial charge >= 0.3 is 0 Å². The molecule has 3 aromatic rings. The largest absolute Gasteiger partial charge is 0.355 e. The molecule has 1 N–H and O–H groups in total. The Morgan fingerprint density at radius 3 is 1.93 bits per heavy atom. The van der Waals surface area contributed by atoms with Crippen LogP contribution in [0.2, 0.25) is 0 Å². The van der Waals surface area contributed by atoms with Gasteiger partial charge in [-0.2, -0.15) is 5.26 Å². The van der Waals surface area contributed by atoms with Gasteiger partial charge < -0.3 is 5.32 Å². The summed E-state index contributed by atoms with van der Waals surface area (Å²) in [6, 6.07) is 30.0. The van der Waals surface area contributed by atoms with Gasteiger partial charge in [-0.15, -0.1) is 0 Å².